The minimum atomic E-state index is -3.93. The second-order valence-electron chi connectivity index (χ2n) is 2.75. The number of ether oxygens (including phenoxy) is 1. The molecule has 1 spiro atoms. The molecule has 0 aromatic rings. The Morgan fingerprint density at radius 2 is 2.08 bits per heavy atom. The van der Waals surface area contributed by atoms with Crippen molar-refractivity contribution in [3.63, 3.8) is 0 Å². The van der Waals surface area contributed by atoms with Gasteiger partial charge in [-0.05, 0) is 6.92 Å². The van der Waals surface area contributed by atoms with E-state index < -0.39 is 22.2 Å². The SMILES string of the molecule is CC1CC2(OS(=O)(=O)O2)C(=O)O1. The van der Waals surface area contributed by atoms with E-state index in [1.54, 1.807) is 6.92 Å². The summed E-state index contributed by atoms with van der Waals surface area (Å²) in [5, 5.41) is 0. The lowest BCUT2D eigenvalue weighted by Crippen LogP contribution is -2.53. The van der Waals surface area contributed by atoms with Crippen molar-refractivity contribution in [2.24, 2.45) is 0 Å². The highest BCUT2D eigenvalue weighted by Gasteiger charge is 2.64. The first-order valence-electron chi connectivity index (χ1n) is 3.31. The van der Waals surface area contributed by atoms with Crippen LogP contribution in [0.4, 0.5) is 0 Å². The summed E-state index contributed by atoms with van der Waals surface area (Å²) < 4.78 is 34.2. The maximum Gasteiger partial charge on any atom is 0.406 e. The Labute approximate surface area is 68.7 Å². The van der Waals surface area contributed by atoms with Crippen LogP contribution in [-0.2, 0) is 28.3 Å². The molecule has 2 aliphatic rings. The molecule has 68 valence electrons. The highest BCUT2D eigenvalue weighted by molar-refractivity contribution is 7.83. The second kappa shape index (κ2) is 1.98. The van der Waals surface area contributed by atoms with Crippen molar-refractivity contribution in [3.05, 3.63) is 0 Å². The van der Waals surface area contributed by atoms with Crippen molar-refractivity contribution in [1.82, 2.24) is 0 Å². The van der Waals surface area contributed by atoms with Crippen molar-refractivity contribution < 1.29 is 26.3 Å². The van der Waals surface area contributed by atoms with Crippen molar-refractivity contribution in [2.45, 2.75) is 25.2 Å². The van der Waals surface area contributed by atoms with Crippen LogP contribution in [0.25, 0.3) is 0 Å². The Balaban J connectivity index is 2.22. The van der Waals surface area contributed by atoms with Gasteiger partial charge in [-0.3, -0.25) is 0 Å². The standard InChI is InChI=1S/C5H6O6S/c1-3-2-5(4(6)9-3)10-12(7,8)11-5/h3H,2H2,1H3. The molecule has 0 aliphatic carbocycles. The predicted molar refractivity (Wildman–Crippen MR) is 34.0 cm³/mol. The molecule has 0 aromatic carbocycles. The molecule has 2 heterocycles. The van der Waals surface area contributed by atoms with E-state index >= 15 is 0 Å². The maximum atomic E-state index is 10.9. The zero-order valence-corrected chi connectivity index (χ0v) is 6.96. The molecule has 2 saturated heterocycles. The van der Waals surface area contributed by atoms with Gasteiger partial charge in [0.15, 0.2) is 0 Å². The molecule has 2 fully saturated rings. The summed E-state index contributed by atoms with van der Waals surface area (Å²) in [5.41, 5.74) is 0. The predicted octanol–water partition coefficient (Wildman–Crippen LogP) is -0.690. The molecule has 0 bridgehead atoms. The Bertz CT molecular complexity index is 318. The molecule has 1 unspecified atom stereocenters. The summed E-state index contributed by atoms with van der Waals surface area (Å²) >= 11 is 0. The number of carbonyl (C=O) groups excluding carboxylic acids is 1. The number of cyclic esters (lactones) is 1. The van der Waals surface area contributed by atoms with E-state index in [1.807, 2.05) is 0 Å². The fourth-order valence-corrected chi connectivity index (χ4v) is 2.19. The smallest absolute Gasteiger partial charge is 0.406 e. The summed E-state index contributed by atoms with van der Waals surface area (Å²) in [6, 6.07) is 0. The summed E-state index contributed by atoms with van der Waals surface area (Å²) in [4.78, 5) is 10.9. The van der Waals surface area contributed by atoms with Crippen LogP contribution in [0.2, 0.25) is 0 Å². The van der Waals surface area contributed by atoms with Crippen LogP contribution >= 0.6 is 0 Å². The molecule has 6 nitrogen and oxygen atoms in total. The molecule has 1 atom stereocenters. The average Bonchev–Trinajstić information content (AvgIpc) is 2.04. The number of hydrogen-bond acceptors (Lipinski definition) is 6. The van der Waals surface area contributed by atoms with Gasteiger partial charge in [-0.1, -0.05) is 0 Å². The first-order valence-corrected chi connectivity index (χ1v) is 4.64. The normalized spacial score (nSPS) is 36.1. The zero-order valence-electron chi connectivity index (χ0n) is 6.14. The number of rotatable bonds is 0. The molecule has 7 heteroatoms. The summed E-state index contributed by atoms with van der Waals surface area (Å²) in [5.74, 6) is -2.44. The lowest BCUT2D eigenvalue weighted by atomic mass is 10.2. The Morgan fingerprint density at radius 1 is 1.50 bits per heavy atom. The quantitative estimate of drug-likeness (QED) is 0.475. The van der Waals surface area contributed by atoms with E-state index in [-0.39, 0.29) is 12.5 Å². The van der Waals surface area contributed by atoms with Crippen molar-refractivity contribution in [3.8, 4) is 0 Å². The van der Waals surface area contributed by atoms with Gasteiger partial charge in [0.2, 0.25) is 0 Å². The van der Waals surface area contributed by atoms with E-state index in [4.69, 9.17) is 0 Å². The fraction of sp³-hybridized carbons (Fsp3) is 0.800. The zero-order chi connectivity index (χ0) is 8.98. The van der Waals surface area contributed by atoms with E-state index in [9.17, 15) is 13.2 Å². The largest absolute Gasteiger partial charge is 0.458 e. The van der Waals surface area contributed by atoms with Gasteiger partial charge in [0.25, 0.3) is 0 Å². The van der Waals surface area contributed by atoms with E-state index in [0.29, 0.717) is 0 Å². The third-order valence-corrected chi connectivity index (χ3v) is 2.60. The van der Waals surface area contributed by atoms with Gasteiger partial charge in [0.05, 0.1) is 6.42 Å². The molecular weight excluding hydrogens is 188 g/mol. The second-order valence-corrected chi connectivity index (χ2v) is 3.90. The molecule has 0 aromatic heterocycles. The minimum Gasteiger partial charge on any atom is -0.458 e. The van der Waals surface area contributed by atoms with Crippen LogP contribution in [0.3, 0.4) is 0 Å². The lowest BCUT2D eigenvalue weighted by Gasteiger charge is -2.31. The lowest BCUT2D eigenvalue weighted by molar-refractivity contribution is -0.200. The van der Waals surface area contributed by atoms with Crippen molar-refractivity contribution in [2.75, 3.05) is 0 Å². The number of hydrogen-bond donors (Lipinski definition) is 0. The summed E-state index contributed by atoms with van der Waals surface area (Å²) in [7, 11) is -3.93. The Morgan fingerprint density at radius 3 is 2.42 bits per heavy atom. The van der Waals surface area contributed by atoms with Crippen LogP contribution in [0.1, 0.15) is 13.3 Å². The van der Waals surface area contributed by atoms with Gasteiger partial charge in [-0.15, -0.1) is 0 Å². The van der Waals surface area contributed by atoms with Gasteiger partial charge in [-0.2, -0.15) is 16.8 Å². The minimum absolute atomic E-state index is 0.116. The molecule has 2 aliphatic heterocycles. The van der Waals surface area contributed by atoms with E-state index in [1.165, 1.54) is 0 Å². The topological polar surface area (TPSA) is 78.9 Å². The van der Waals surface area contributed by atoms with Crippen LogP contribution in [0.15, 0.2) is 0 Å². The van der Waals surface area contributed by atoms with Gasteiger partial charge in [-0.25, -0.2) is 4.79 Å². The Hall–Kier alpha value is -0.660. The maximum absolute atomic E-state index is 10.9. The molecule has 0 N–H and O–H groups in total. The van der Waals surface area contributed by atoms with E-state index in [0.717, 1.165) is 0 Å². The highest BCUT2D eigenvalue weighted by atomic mass is 32.3. The number of esters is 1. The molecule has 12 heavy (non-hydrogen) atoms. The van der Waals surface area contributed by atoms with Crippen LogP contribution in [-0.4, -0.2) is 26.3 Å². The molecule has 0 amide bonds. The fourth-order valence-electron chi connectivity index (χ4n) is 1.25. The first kappa shape index (κ1) is 7.96. The molecule has 0 saturated carbocycles. The average molecular weight is 194 g/mol. The van der Waals surface area contributed by atoms with Crippen molar-refractivity contribution >= 4 is 16.4 Å². The monoisotopic (exact) mass is 194 g/mol. The third kappa shape index (κ3) is 0.936. The summed E-state index contributed by atoms with van der Waals surface area (Å²) in [6.07, 6.45) is -0.251. The van der Waals surface area contributed by atoms with Crippen LogP contribution < -0.4 is 0 Å². The van der Waals surface area contributed by atoms with Gasteiger partial charge < -0.3 is 4.74 Å². The van der Waals surface area contributed by atoms with Gasteiger partial charge in [0.1, 0.15) is 6.10 Å². The van der Waals surface area contributed by atoms with Crippen molar-refractivity contribution in [1.29, 1.82) is 0 Å². The van der Waals surface area contributed by atoms with Gasteiger partial charge in [0, 0.05) is 0 Å². The highest BCUT2D eigenvalue weighted by Crippen LogP contribution is 2.40. The molecule has 0 radical (unpaired) electrons. The van der Waals surface area contributed by atoms with Gasteiger partial charge >= 0.3 is 22.2 Å². The molecular formula is C5H6O6S. The van der Waals surface area contributed by atoms with E-state index in [2.05, 4.69) is 13.1 Å². The van der Waals surface area contributed by atoms with Crippen LogP contribution in [0, 0.1) is 0 Å². The van der Waals surface area contributed by atoms with Crippen LogP contribution in [0.5, 0.6) is 0 Å². The molecule has 2 rings (SSSR count). The first-order chi connectivity index (χ1) is 5.44. The number of carbonyl (C=O) groups is 1. The summed E-state index contributed by atoms with van der Waals surface area (Å²) in [6.45, 7) is 1.63. The Kier molecular flexibility index (Phi) is 1.31. The third-order valence-electron chi connectivity index (χ3n) is 1.65.